The molecule has 0 spiro atoms. The fourth-order valence-corrected chi connectivity index (χ4v) is 7.18. The maximum atomic E-state index is 11.1. The number of phenolic OH excluding ortho intramolecular Hbond substituents is 1. The summed E-state index contributed by atoms with van der Waals surface area (Å²) in [4.78, 5) is 23.0. The number of para-hydroxylation sites is 1. The van der Waals surface area contributed by atoms with Crippen LogP contribution in [0.15, 0.2) is 108 Å². The second kappa shape index (κ2) is 12.4. The van der Waals surface area contributed by atoms with E-state index in [0.717, 1.165) is 69.3 Å². The van der Waals surface area contributed by atoms with E-state index in [2.05, 4.69) is 52.8 Å². The number of benzene rings is 2. The van der Waals surface area contributed by atoms with E-state index >= 15 is 0 Å². The summed E-state index contributed by atoms with van der Waals surface area (Å²) in [6.45, 7) is 17.1. The lowest BCUT2D eigenvalue weighted by molar-refractivity contribution is 0.171. The first kappa shape index (κ1) is 31.3. The van der Waals surface area contributed by atoms with Crippen molar-refractivity contribution in [2.45, 2.75) is 17.9 Å². The van der Waals surface area contributed by atoms with Crippen LogP contribution in [0.1, 0.15) is 12.5 Å². The highest BCUT2D eigenvalue weighted by molar-refractivity contribution is 7.98. The Balaban J connectivity index is 1.46. The van der Waals surface area contributed by atoms with Crippen LogP contribution in [-0.2, 0) is 0 Å². The van der Waals surface area contributed by atoms with Crippen molar-refractivity contribution in [1.29, 1.82) is 0 Å². The van der Waals surface area contributed by atoms with Crippen LogP contribution in [0, 0.1) is 0 Å². The minimum Gasteiger partial charge on any atom is -0.507 e. The molecular formula is C35H35B2N9OS. The van der Waals surface area contributed by atoms with Crippen LogP contribution in [0.5, 0.6) is 5.75 Å². The van der Waals surface area contributed by atoms with Crippen molar-refractivity contribution in [3.63, 3.8) is 0 Å². The minimum absolute atomic E-state index is 0.124. The number of thioether (sulfide) groups is 1. The highest BCUT2D eigenvalue weighted by Gasteiger charge is 2.36. The second-order valence-electron chi connectivity index (χ2n) is 12.0. The molecule has 1 saturated heterocycles. The maximum absolute atomic E-state index is 11.1. The van der Waals surface area contributed by atoms with Crippen molar-refractivity contribution in [2.24, 2.45) is 4.99 Å². The van der Waals surface area contributed by atoms with Crippen LogP contribution in [-0.4, -0.2) is 93.3 Å². The number of rotatable bonds is 6. The standard InChI is InChI=1S/C35H35B2N9OS/c1-6-20(2)43-16-17-44(21(3)19-43)33-23-18-25(37)31(30-24(36)10-9-13-28(30)47)40-34(23)45(22(4)39-33)32-29(48-5)14-15-38-35(32)46-27-12-8-7-11-26(27)41-42-46/h6-15,18,21,47H,1-2,4,16-17,19,36-37H2,3,5H3. The molecule has 1 unspecified atom stereocenters. The number of amidine groups is 1. The Labute approximate surface area is 286 Å². The van der Waals surface area contributed by atoms with Crippen molar-refractivity contribution >= 4 is 66.8 Å². The molecule has 1 atom stereocenters. The van der Waals surface area contributed by atoms with Crippen LogP contribution < -0.4 is 15.8 Å². The largest absolute Gasteiger partial charge is 0.507 e. The van der Waals surface area contributed by atoms with Gasteiger partial charge in [-0.15, -0.1) is 16.9 Å². The predicted octanol–water partition coefficient (Wildman–Crippen LogP) is 2.90. The molecule has 238 valence electrons. The van der Waals surface area contributed by atoms with Gasteiger partial charge in [-0.05, 0) is 43.5 Å². The molecule has 48 heavy (non-hydrogen) atoms. The van der Waals surface area contributed by atoms with Gasteiger partial charge < -0.3 is 14.9 Å². The molecule has 10 nitrogen and oxygen atoms in total. The van der Waals surface area contributed by atoms with Crippen molar-refractivity contribution in [2.75, 3.05) is 30.8 Å². The molecule has 1 fully saturated rings. The smallest absolute Gasteiger partial charge is 0.181 e. The first-order chi connectivity index (χ1) is 23.2. The molecule has 0 amide bonds. The monoisotopic (exact) mass is 651 g/mol. The second-order valence-corrected chi connectivity index (χ2v) is 12.9. The summed E-state index contributed by atoms with van der Waals surface area (Å²) in [5, 5.41) is 20.0. The lowest BCUT2D eigenvalue weighted by atomic mass is 9.82. The third-order valence-corrected chi connectivity index (χ3v) is 9.80. The number of hydrogen-bond acceptors (Lipinski definition) is 10. The first-order valence-electron chi connectivity index (χ1n) is 15.8. The van der Waals surface area contributed by atoms with Crippen molar-refractivity contribution < 1.29 is 5.11 Å². The summed E-state index contributed by atoms with van der Waals surface area (Å²) >= 11 is 1.59. The van der Waals surface area contributed by atoms with Gasteiger partial charge in [0, 0.05) is 48.0 Å². The Morgan fingerprint density at radius 2 is 1.88 bits per heavy atom. The predicted molar refractivity (Wildman–Crippen MR) is 201 cm³/mol. The fourth-order valence-electron chi connectivity index (χ4n) is 6.60. The zero-order chi connectivity index (χ0) is 33.7. The number of piperazine rings is 1. The maximum Gasteiger partial charge on any atom is 0.181 e. The van der Waals surface area contributed by atoms with E-state index in [1.807, 2.05) is 69.3 Å². The zero-order valence-electron chi connectivity index (χ0n) is 27.6. The van der Waals surface area contributed by atoms with Gasteiger partial charge in [-0.2, -0.15) is 4.68 Å². The number of aromatic hydroxyl groups is 1. The van der Waals surface area contributed by atoms with Crippen LogP contribution in [0.25, 0.3) is 28.1 Å². The first-order valence-corrected chi connectivity index (χ1v) is 17.0. The quantitative estimate of drug-likeness (QED) is 0.169. The SMILES string of the molecule is Bc1cc2c(nc1-c1c(B)cccc1O)N(c1c(SC)ccnc1-n1nnc3ccccc31)C(=C)N=C2N1CCN(C(=C)C=C)CC1C. The third-order valence-electron chi connectivity index (χ3n) is 9.03. The van der Waals surface area contributed by atoms with Gasteiger partial charge in [0.25, 0.3) is 0 Å². The molecule has 0 aliphatic carbocycles. The van der Waals surface area contributed by atoms with E-state index in [0.29, 0.717) is 28.7 Å². The molecular weight excluding hydrogens is 616 g/mol. The van der Waals surface area contributed by atoms with E-state index in [-0.39, 0.29) is 11.8 Å². The van der Waals surface area contributed by atoms with Crippen LogP contribution in [0.4, 0.5) is 11.5 Å². The normalized spacial score (nSPS) is 16.2. The number of hydrogen-bond donors (Lipinski definition) is 1. The number of phenols is 1. The van der Waals surface area contributed by atoms with Gasteiger partial charge in [-0.25, -0.2) is 15.0 Å². The average molecular weight is 651 g/mol. The van der Waals surface area contributed by atoms with Crippen molar-refractivity contribution in [3.8, 4) is 22.8 Å². The van der Waals surface area contributed by atoms with E-state index < -0.39 is 0 Å². The molecule has 2 aliphatic rings. The van der Waals surface area contributed by atoms with E-state index in [4.69, 9.17) is 15.0 Å². The Morgan fingerprint density at radius 1 is 1.06 bits per heavy atom. The molecule has 13 heteroatoms. The summed E-state index contributed by atoms with van der Waals surface area (Å²) in [7, 11) is 4.01. The molecule has 5 heterocycles. The molecule has 7 rings (SSSR count). The fraction of sp³-hybridized carbons (Fsp3) is 0.171. The Morgan fingerprint density at radius 3 is 2.62 bits per heavy atom. The number of nitrogens with zero attached hydrogens (tertiary/aromatic N) is 9. The molecule has 0 bridgehead atoms. The molecule has 1 N–H and O–H groups in total. The van der Waals surface area contributed by atoms with Crippen LogP contribution in [0.2, 0.25) is 0 Å². The van der Waals surface area contributed by atoms with Crippen molar-refractivity contribution in [1.82, 2.24) is 34.8 Å². The van der Waals surface area contributed by atoms with E-state index in [9.17, 15) is 5.11 Å². The number of allylic oxidation sites excluding steroid dienone is 1. The number of fused-ring (bicyclic) bond motifs is 2. The van der Waals surface area contributed by atoms with E-state index in [1.165, 1.54) is 0 Å². The lowest BCUT2D eigenvalue weighted by Gasteiger charge is -2.44. The minimum atomic E-state index is 0.124. The molecule has 2 aromatic carbocycles. The lowest BCUT2D eigenvalue weighted by Crippen LogP contribution is -2.54. The molecule has 5 aromatic rings. The summed E-state index contributed by atoms with van der Waals surface area (Å²) in [6, 6.07) is 17.6. The Bertz CT molecular complexity index is 2140. The highest BCUT2D eigenvalue weighted by atomic mass is 32.2. The summed E-state index contributed by atoms with van der Waals surface area (Å²) in [5.41, 5.74) is 7.33. The number of anilines is 2. The Kier molecular flexibility index (Phi) is 8.08. The zero-order valence-corrected chi connectivity index (χ0v) is 28.4. The Hall–Kier alpha value is -5.29. The van der Waals surface area contributed by atoms with Gasteiger partial charge >= 0.3 is 0 Å². The molecule has 2 aliphatic heterocycles. The highest BCUT2D eigenvalue weighted by Crippen LogP contribution is 2.44. The van der Waals surface area contributed by atoms with Crippen LogP contribution >= 0.6 is 11.8 Å². The van der Waals surface area contributed by atoms with Crippen LogP contribution in [0.3, 0.4) is 0 Å². The number of aliphatic imine (C=N–C) groups is 1. The molecule has 0 saturated carbocycles. The molecule has 3 aromatic heterocycles. The van der Waals surface area contributed by atoms with Gasteiger partial charge in [0.05, 0.1) is 16.8 Å². The van der Waals surface area contributed by atoms with Gasteiger partial charge in [0.15, 0.2) is 11.6 Å². The summed E-state index contributed by atoms with van der Waals surface area (Å²) < 4.78 is 1.76. The van der Waals surface area contributed by atoms with Crippen molar-refractivity contribution in [3.05, 3.63) is 104 Å². The van der Waals surface area contributed by atoms with Gasteiger partial charge in [-0.1, -0.05) is 66.2 Å². The van der Waals surface area contributed by atoms with Gasteiger partial charge in [0.2, 0.25) is 0 Å². The molecule has 0 radical (unpaired) electrons. The average Bonchev–Trinajstić information content (AvgIpc) is 3.52. The topological polar surface area (TPSA) is 98.8 Å². The summed E-state index contributed by atoms with van der Waals surface area (Å²) in [6.07, 6.45) is 5.61. The summed E-state index contributed by atoms with van der Waals surface area (Å²) in [5.74, 6) is 2.70. The number of aromatic nitrogens is 5. The number of pyridine rings is 2. The third kappa shape index (κ3) is 5.14. The van der Waals surface area contributed by atoms with Gasteiger partial charge in [0.1, 0.15) is 44.3 Å². The van der Waals surface area contributed by atoms with E-state index in [1.54, 1.807) is 34.8 Å². The van der Waals surface area contributed by atoms with Gasteiger partial charge in [-0.3, -0.25) is 4.90 Å².